The Morgan fingerprint density at radius 1 is 1.38 bits per heavy atom. The van der Waals surface area contributed by atoms with E-state index < -0.39 is 0 Å². The Morgan fingerprint density at radius 3 is 2.81 bits per heavy atom. The molecule has 21 heavy (non-hydrogen) atoms. The normalized spacial score (nSPS) is 16.0. The predicted octanol–water partition coefficient (Wildman–Crippen LogP) is 0.907. The van der Waals surface area contributed by atoms with Gasteiger partial charge >= 0.3 is 0 Å². The van der Waals surface area contributed by atoms with E-state index in [2.05, 4.69) is 30.4 Å². The number of piperidine rings is 1. The highest BCUT2D eigenvalue weighted by Crippen LogP contribution is 2.18. The molecular weight excluding hydrogens is 268 g/mol. The van der Waals surface area contributed by atoms with Gasteiger partial charge in [-0.25, -0.2) is 4.98 Å². The zero-order valence-corrected chi connectivity index (χ0v) is 11.9. The molecule has 0 spiro atoms. The van der Waals surface area contributed by atoms with Crippen LogP contribution in [0.2, 0.25) is 0 Å². The van der Waals surface area contributed by atoms with E-state index >= 15 is 0 Å². The molecule has 1 aliphatic rings. The van der Waals surface area contributed by atoms with Crippen molar-refractivity contribution in [3.8, 4) is 0 Å². The Bertz CT molecular complexity index is 603. The van der Waals surface area contributed by atoms with Gasteiger partial charge in [0.25, 0.3) is 5.91 Å². The quantitative estimate of drug-likeness (QED) is 0.875. The van der Waals surface area contributed by atoms with Crippen LogP contribution < -0.4 is 10.2 Å². The molecular formula is C14H18N6O. The largest absolute Gasteiger partial charge is 0.355 e. The van der Waals surface area contributed by atoms with Crippen molar-refractivity contribution in [2.75, 3.05) is 18.0 Å². The third kappa shape index (κ3) is 3.18. The lowest BCUT2D eigenvalue weighted by Crippen LogP contribution is -2.45. The number of anilines is 1. The number of aryl methyl sites for hydroxylation is 1. The molecule has 2 aromatic rings. The summed E-state index contributed by atoms with van der Waals surface area (Å²) >= 11 is 0. The first-order valence-corrected chi connectivity index (χ1v) is 7.06. The standard InChI is InChI=1S/C14H18N6O/c1-10-8-13(19-18-10)20-6-2-11(3-7-20)17-14(21)12-9-15-4-5-16-12/h4-5,8-9,11H,2-3,6-7H2,1H3,(H,17,21)(H,18,19). The van der Waals surface area contributed by atoms with Crippen molar-refractivity contribution in [3.63, 3.8) is 0 Å². The van der Waals surface area contributed by atoms with Crippen LogP contribution in [0.25, 0.3) is 0 Å². The van der Waals surface area contributed by atoms with Gasteiger partial charge in [0.1, 0.15) is 5.69 Å². The van der Waals surface area contributed by atoms with Crippen molar-refractivity contribution >= 4 is 11.7 Å². The van der Waals surface area contributed by atoms with Crippen molar-refractivity contribution < 1.29 is 4.79 Å². The zero-order valence-electron chi connectivity index (χ0n) is 11.9. The van der Waals surface area contributed by atoms with E-state index in [4.69, 9.17) is 0 Å². The number of carbonyl (C=O) groups is 1. The number of carbonyl (C=O) groups excluding carboxylic acids is 1. The second-order valence-electron chi connectivity index (χ2n) is 5.23. The van der Waals surface area contributed by atoms with Gasteiger partial charge in [-0.3, -0.25) is 14.9 Å². The third-order valence-corrected chi connectivity index (χ3v) is 3.64. The fourth-order valence-electron chi connectivity index (χ4n) is 2.49. The second-order valence-corrected chi connectivity index (χ2v) is 5.23. The van der Waals surface area contributed by atoms with Crippen LogP contribution in [0, 0.1) is 6.92 Å². The lowest BCUT2D eigenvalue weighted by atomic mass is 10.0. The number of nitrogens with one attached hydrogen (secondary N) is 2. The first kappa shape index (κ1) is 13.5. The molecule has 0 saturated carbocycles. The molecule has 0 unspecified atom stereocenters. The molecule has 3 rings (SSSR count). The molecule has 0 radical (unpaired) electrons. The van der Waals surface area contributed by atoms with E-state index in [0.717, 1.165) is 37.4 Å². The second kappa shape index (κ2) is 5.90. The number of rotatable bonds is 3. The molecule has 1 fully saturated rings. The minimum atomic E-state index is -0.155. The molecule has 7 heteroatoms. The van der Waals surface area contributed by atoms with Crippen molar-refractivity contribution in [2.45, 2.75) is 25.8 Å². The van der Waals surface area contributed by atoms with Gasteiger partial charge in [-0.15, -0.1) is 0 Å². The van der Waals surface area contributed by atoms with Gasteiger partial charge in [0, 0.05) is 43.3 Å². The van der Waals surface area contributed by atoms with Crippen molar-refractivity contribution in [1.82, 2.24) is 25.5 Å². The number of nitrogens with zero attached hydrogens (tertiary/aromatic N) is 4. The van der Waals surface area contributed by atoms with E-state index in [1.165, 1.54) is 12.4 Å². The summed E-state index contributed by atoms with van der Waals surface area (Å²) in [6.07, 6.45) is 6.37. The summed E-state index contributed by atoms with van der Waals surface area (Å²) in [6.45, 7) is 3.76. The van der Waals surface area contributed by atoms with E-state index in [1.807, 2.05) is 13.0 Å². The van der Waals surface area contributed by atoms with Gasteiger partial charge in [-0.05, 0) is 19.8 Å². The maximum absolute atomic E-state index is 12.0. The van der Waals surface area contributed by atoms with Gasteiger partial charge in [0.2, 0.25) is 0 Å². The summed E-state index contributed by atoms with van der Waals surface area (Å²) in [5, 5.41) is 10.2. The number of aromatic amines is 1. The Kier molecular flexibility index (Phi) is 3.81. The SMILES string of the molecule is Cc1cc(N2CCC(NC(=O)c3cnccn3)CC2)n[nH]1. The molecule has 110 valence electrons. The fraction of sp³-hybridized carbons (Fsp3) is 0.429. The summed E-state index contributed by atoms with van der Waals surface area (Å²) in [5.74, 6) is 0.823. The molecule has 1 saturated heterocycles. The molecule has 2 aromatic heterocycles. The monoisotopic (exact) mass is 286 g/mol. The third-order valence-electron chi connectivity index (χ3n) is 3.64. The van der Waals surface area contributed by atoms with Gasteiger partial charge in [-0.2, -0.15) is 5.10 Å². The fourth-order valence-corrected chi connectivity index (χ4v) is 2.49. The Labute approximate surface area is 122 Å². The predicted molar refractivity (Wildman–Crippen MR) is 78.1 cm³/mol. The zero-order chi connectivity index (χ0) is 14.7. The summed E-state index contributed by atoms with van der Waals surface area (Å²) in [6, 6.07) is 2.22. The van der Waals surface area contributed by atoms with Crippen LogP contribution in [0.5, 0.6) is 0 Å². The van der Waals surface area contributed by atoms with E-state index in [9.17, 15) is 4.79 Å². The lowest BCUT2D eigenvalue weighted by molar-refractivity contribution is 0.0925. The first-order chi connectivity index (χ1) is 10.2. The minimum Gasteiger partial charge on any atom is -0.355 e. The number of amides is 1. The Balaban J connectivity index is 1.53. The van der Waals surface area contributed by atoms with Crippen LogP contribution in [-0.4, -0.2) is 45.2 Å². The molecule has 1 aliphatic heterocycles. The summed E-state index contributed by atoms with van der Waals surface area (Å²) < 4.78 is 0. The molecule has 0 aromatic carbocycles. The van der Waals surface area contributed by atoms with Crippen molar-refractivity contribution in [2.24, 2.45) is 0 Å². The van der Waals surface area contributed by atoms with Crippen molar-refractivity contribution in [1.29, 1.82) is 0 Å². The number of H-pyrrole nitrogens is 1. The number of hydrogen-bond donors (Lipinski definition) is 2. The van der Waals surface area contributed by atoms with Crippen molar-refractivity contribution in [3.05, 3.63) is 36.0 Å². The molecule has 0 bridgehead atoms. The summed E-state index contributed by atoms with van der Waals surface area (Å²) in [4.78, 5) is 22.2. The Hall–Kier alpha value is -2.44. The highest BCUT2D eigenvalue weighted by Gasteiger charge is 2.22. The maximum Gasteiger partial charge on any atom is 0.271 e. The average Bonchev–Trinajstić information content (AvgIpc) is 2.95. The summed E-state index contributed by atoms with van der Waals surface area (Å²) in [5.41, 5.74) is 1.42. The van der Waals surface area contributed by atoms with Gasteiger partial charge in [0.05, 0.1) is 6.20 Å². The van der Waals surface area contributed by atoms with E-state index in [-0.39, 0.29) is 11.9 Å². The van der Waals surface area contributed by atoms with Crippen LogP contribution in [0.15, 0.2) is 24.7 Å². The van der Waals surface area contributed by atoms with Gasteiger partial charge in [0.15, 0.2) is 5.82 Å². The topological polar surface area (TPSA) is 86.8 Å². The minimum absolute atomic E-state index is 0.155. The average molecular weight is 286 g/mol. The molecule has 3 heterocycles. The number of hydrogen-bond acceptors (Lipinski definition) is 5. The molecule has 0 atom stereocenters. The van der Waals surface area contributed by atoms with Crippen LogP contribution >= 0.6 is 0 Å². The summed E-state index contributed by atoms with van der Waals surface area (Å²) in [7, 11) is 0. The molecule has 1 amide bonds. The van der Waals surface area contributed by atoms with Crippen LogP contribution in [0.1, 0.15) is 29.0 Å². The van der Waals surface area contributed by atoms with Gasteiger partial charge < -0.3 is 10.2 Å². The maximum atomic E-state index is 12.0. The highest BCUT2D eigenvalue weighted by molar-refractivity contribution is 5.92. The molecule has 2 N–H and O–H groups in total. The van der Waals surface area contributed by atoms with E-state index in [0.29, 0.717) is 5.69 Å². The van der Waals surface area contributed by atoms with Gasteiger partial charge in [-0.1, -0.05) is 0 Å². The first-order valence-electron chi connectivity index (χ1n) is 7.06. The van der Waals surface area contributed by atoms with Crippen LogP contribution in [-0.2, 0) is 0 Å². The van der Waals surface area contributed by atoms with Crippen LogP contribution in [0.3, 0.4) is 0 Å². The number of aromatic nitrogens is 4. The van der Waals surface area contributed by atoms with E-state index in [1.54, 1.807) is 6.20 Å². The highest BCUT2D eigenvalue weighted by atomic mass is 16.1. The molecule has 0 aliphatic carbocycles. The van der Waals surface area contributed by atoms with Crippen LogP contribution in [0.4, 0.5) is 5.82 Å². The Morgan fingerprint density at radius 2 is 2.19 bits per heavy atom. The smallest absolute Gasteiger partial charge is 0.271 e. The lowest BCUT2D eigenvalue weighted by Gasteiger charge is -2.32. The molecule has 7 nitrogen and oxygen atoms in total.